The number of benzene rings is 1. The fourth-order valence-corrected chi connectivity index (χ4v) is 2.85. The lowest BCUT2D eigenvalue weighted by molar-refractivity contribution is -0.129. The molecule has 1 aliphatic heterocycles. The van der Waals surface area contributed by atoms with E-state index in [0.717, 1.165) is 30.0 Å². The minimum absolute atomic E-state index is 0.0752. The molecule has 100 valence electrons. The van der Waals surface area contributed by atoms with Crippen LogP contribution in [0.15, 0.2) is 24.3 Å². The van der Waals surface area contributed by atoms with E-state index in [-0.39, 0.29) is 11.7 Å². The quantitative estimate of drug-likeness (QED) is 0.895. The van der Waals surface area contributed by atoms with Gasteiger partial charge in [-0.2, -0.15) is 0 Å². The summed E-state index contributed by atoms with van der Waals surface area (Å²) >= 11 is 6.07. The summed E-state index contributed by atoms with van der Waals surface area (Å²) < 4.78 is 6.35. The van der Waals surface area contributed by atoms with E-state index in [9.17, 15) is 0 Å². The van der Waals surface area contributed by atoms with Gasteiger partial charge in [-0.1, -0.05) is 37.1 Å². The minimum atomic E-state index is -0.0752. The van der Waals surface area contributed by atoms with Crippen molar-refractivity contribution >= 4 is 11.6 Å². The summed E-state index contributed by atoms with van der Waals surface area (Å²) in [7, 11) is 0. The molecular formula is C15H22ClNO. The Kier molecular flexibility index (Phi) is 4.31. The molecule has 1 heterocycles. The van der Waals surface area contributed by atoms with Crippen molar-refractivity contribution in [1.29, 1.82) is 0 Å². The average Bonchev–Trinajstić information content (AvgIpc) is 2.33. The highest BCUT2D eigenvalue weighted by atomic mass is 35.5. The molecule has 3 atom stereocenters. The Labute approximate surface area is 115 Å². The third kappa shape index (κ3) is 3.05. The van der Waals surface area contributed by atoms with Gasteiger partial charge in [0.1, 0.15) is 0 Å². The molecule has 3 heteroatoms. The van der Waals surface area contributed by atoms with E-state index < -0.39 is 0 Å². The molecule has 0 saturated carbocycles. The highest BCUT2D eigenvalue weighted by molar-refractivity contribution is 6.30. The van der Waals surface area contributed by atoms with Crippen LogP contribution in [0.1, 0.15) is 45.3 Å². The Morgan fingerprint density at radius 1 is 1.50 bits per heavy atom. The lowest BCUT2D eigenvalue weighted by atomic mass is 9.93. The molecule has 0 amide bonds. The Morgan fingerprint density at radius 3 is 2.94 bits per heavy atom. The first-order valence-electron chi connectivity index (χ1n) is 6.71. The van der Waals surface area contributed by atoms with Crippen LogP contribution in [0.3, 0.4) is 0 Å². The third-order valence-electron chi connectivity index (χ3n) is 3.62. The van der Waals surface area contributed by atoms with Crippen LogP contribution in [0, 0.1) is 0 Å². The molecule has 2 rings (SSSR count). The van der Waals surface area contributed by atoms with Crippen molar-refractivity contribution in [3.05, 3.63) is 34.9 Å². The Morgan fingerprint density at radius 2 is 2.28 bits per heavy atom. The van der Waals surface area contributed by atoms with Crippen LogP contribution in [-0.4, -0.2) is 18.2 Å². The van der Waals surface area contributed by atoms with Gasteiger partial charge in [-0.15, -0.1) is 0 Å². The minimum Gasteiger partial charge on any atom is -0.364 e. The van der Waals surface area contributed by atoms with Gasteiger partial charge in [0.15, 0.2) is 0 Å². The fraction of sp³-hybridized carbons (Fsp3) is 0.600. The molecule has 0 bridgehead atoms. The molecular weight excluding hydrogens is 246 g/mol. The van der Waals surface area contributed by atoms with E-state index in [1.807, 2.05) is 18.2 Å². The number of morpholine rings is 1. The third-order valence-corrected chi connectivity index (χ3v) is 3.85. The molecule has 0 aliphatic carbocycles. The number of nitrogens with one attached hydrogen (secondary N) is 1. The summed E-state index contributed by atoms with van der Waals surface area (Å²) in [6, 6.07) is 8.29. The first-order chi connectivity index (χ1) is 8.54. The second-order valence-electron chi connectivity index (χ2n) is 5.46. The van der Waals surface area contributed by atoms with Gasteiger partial charge in [0.25, 0.3) is 0 Å². The van der Waals surface area contributed by atoms with E-state index in [1.165, 1.54) is 0 Å². The van der Waals surface area contributed by atoms with Crippen LogP contribution in [0.2, 0.25) is 5.02 Å². The Hall–Kier alpha value is -0.570. The molecule has 2 nitrogen and oxygen atoms in total. The highest BCUT2D eigenvalue weighted by Gasteiger charge is 2.36. The van der Waals surface area contributed by atoms with E-state index in [0.29, 0.717) is 6.04 Å². The summed E-state index contributed by atoms with van der Waals surface area (Å²) in [4.78, 5) is 0. The predicted octanol–water partition coefficient (Wildman–Crippen LogP) is 3.95. The zero-order valence-electron chi connectivity index (χ0n) is 11.4. The van der Waals surface area contributed by atoms with Gasteiger partial charge in [-0.25, -0.2) is 0 Å². The number of rotatable bonds is 3. The summed E-state index contributed by atoms with van der Waals surface area (Å²) in [5.74, 6) is 0. The largest absolute Gasteiger partial charge is 0.364 e. The number of halogens is 1. The smallest absolute Gasteiger partial charge is 0.0983 e. The van der Waals surface area contributed by atoms with Crippen LogP contribution >= 0.6 is 11.6 Å². The van der Waals surface area contributed by atoms with Crippen LogP contribution < -0.4 is 5.32 Å². The van der Waals surface area contributed by atoms with Crippen molar-refractivity contribution in [2.45, 2.75) is 51.4 Å². The van der Waals surface area contributed by atoms with Crippen molar-refractivity contribution in [3.63, 3.8) is 0 Å². The van der Waals surface area contributed by atoms with Gasteiger partial charge in [-0.3, -0.25) is 0 Å². The number of hydrogen-bond donors (Lipinski definition) is 1. The van der Waals surface area contributed by atoms with Gasteiger partial charge in [0, 0.05) is 17.6 Å². The van der Waals surface area contributed by atoms with Crippen molar-refractivity contribution in [2.24, 2.45) is 0 Å². The summed E-state index contributed by atoms with van der Waals surface area (Å²) in [5, 5.41) is 4.33. The molecule has 1 saturated heterocycles. The lowest BCUT2D eigenvalue weighted by Gasteiger charge is -2.43. The van der Waals surface area contributed by atoms with Gasteiger partial charge < -0.3 is 10.1 Å². The van der Waals surface area contributed by atoms with Crippen molar-refractivity contribution in [1.82, 2.24) is 5.32 Å². The molecule has 1 fully saturated rings. The van der Waals surface area contributed by atoms with E-state index in [2.05, 4.69) is 32.2 Å². The fourth-order valence-electron chi connectivity index (χ4n) is 2.65. The molecule has 0 spiro atoms. The second kappa shape index (κ2) is 5.60. The van der Waals surface area contributed by atoms with E-state index in [4.69, 9.17) is 16.3 Å². The topological polar surface area (TPSA) is 21.3 Å². The zero-order chi connectivity index (χ0) is 13.2. The van der Waals surface area contributed by atoms with Crippen molar-refractivity contribution < 1.29 is 4.74 Å². The van der Waals surface area contributed by atoms with Crippen LogP contribution in [0.5, 0.6) is 0 Å². The molecule has 1 N–H and O–H groups in total. The van der Waals surface area contributed by atoms with E-state index >= 15 is 0 Å². The SMILES string of the molecule is CCCC1(C)CNC(C)C(c2cccc(Cl)c2)O1. The van der Waals surface area contributed by atoms with Gasteiger partial charge in [0.05, 0.1) is 11.7 Å². The summed E-state index contributed by atoms with van der Waals surface area (Å²) in [5.41, 5.74) is 1.08. The zero-order valence-corrected chi connectivity index (χ0v) is 12.1. The average molecular weight is 268 g/mol. The van der Waals surface area contributed by atoms with Gasteiger partial charge >= 0.3 is 0 Å². The van der Waals surface area contributed by atoms with Crippen LogP contribution in [0.25, 0.3) is 0 Å². The van der Waals surface area contributed by atoms with Crippen LogP contribution in [0.4, 0.5) is 0 Å². The molecule has 3 unspecified atom stereocenters. The second-order valence-corrected chi connectivity index (χ2v) is 5.90. The van der Waals surface area contributed by atoms with Gasteiger partial charge in [-0.05, 0) is 38.0 Å². The van der Waals surface area contributed by atoms with Crippen molar-refractivity contribution in [3.8, 4) is 0 Å². The molecule has 1 aromatic carbocycles. The summed E-state index contributed by atoms with van der Waals surface area (Å²) in [6.45, 7) is 7.46. The first kappa shape index (κ1) is 13.9. The molecule has 18 heavy (non-hydrogen) atoms. The Bertz CT molecular complexity index is 409. The normalized spacial score (nSPS) is 32.4. The number of hydrogen-bond acceptors (Lipinski definition) is 2. The monoisotopic (exact) mass is 267 g/mol. The number of ether oxygens (including phenoxy) is 1. The Balaban J connectivity index is 2.20. The standard InChI is InChI=1S/C15H22ClNO/c1-4-8-15(3)10-17-11(2)14(18-15)12-6-5-7-13(16)9-12/h5-7,9,11,14,17H,4,8,10H2,1-3H3. The predicted molar refractivity (Wildman–Crippen MR) is 76.1 cm³/mol. The molecule has 1 aliphatic rings. The lowest BCUT2D eigenvalue weighted by Crippen LogP contribution is -2.53. The van der Waals surface area contributed by atoms with Gasteiger partial charge in [0.2, 0.25) is 0 Å². The summed E-state index contributed by atoms with van der Waals surface area (Å²) in [6.07, 6.45) is 2.28. The molecule has 0 radical (unpaired) electrons. The first-order valence-corrected chi connectivity index (χ1v) is 7.08. The maximum absolute atomic E-state index is 6.35. The van der Waals surface area contributed by atoms with E-state index in [1.54, 1.807) is 0 Å². The molecule has 0 aromatic heterocycles. The van der Waals surface area contributed by atoms with Crippen molar-refractivity contribution in [2.75, 3.05) is 6.54 Å². The maximum Gasteiger partial charge on any atom is 0.0983 e. The molecule has 1 aromatic rings. The highest BCUT2D eigenvalue weighted by Crippen LogP contribution is 2.34. The maximum atomic E-state index is 6.35. The van der Waals surface area contributed by atoms with Crippen LogP contribution in [-0.2, 0) is 4.74 Å².